The Hall–Kier alpha value is -2.91. The van der Waals surface area contributed by atoms with Gasteiger partial charge in [0.05, 0.1) is 6.04 Å². The van der Waals surface area contributed by atoms with Crippen LogP contribution in [0.2, 0.25) is 0 Å². The van der Waals surface area contributed by atoms with Crippen molar-refractivity contribution in [2.45, 2.75) is 31.3 Å². The molecule has 136 valence electrons. The van der Waals surface area contributed by atoms with Gasteiger partial charge in [-0.15, -0.1) is 0 Å². The highest BCUT2D eigenvalue weighted by Crippen LogP contribution is 2.18. The van der Waals surface area contributed by atoms with Crippen LogP contribution in [0.5, 0.6) is 0 Å². The van der Waals surface area contributed by atoms with Gasteiger partial charge >= 0.3 is 11.9 Å². The number of nitrogens with two attached hydrogens (primary N) is 3. The van der Waals surface area contributed by atoms with Crippen molar-refractivity contribution in [3.8, 4) is 0 Å². The minimum Gasteiger partial charge on any atom is -0.481 e. The first-order valence-corrected chi connectivity index (χ1v) is 7.52. The van der Waals surface area contributed by atoms with Crippen LogP contribution in [0.1, 0.15) is 18.4 Å². The molecule has 0 saturated carbocycles. The number of nitrogens with one attached hydrogen (secondary N) is 1. The molecule has 0 spiro atoms. The van der Waals surface area contributed by atoms with Gasteiger partial charge in [-0.1, -0.05) is 18.2 Å². The van der Waals surface area contributed by atoms with Crippen molar-refractivity contribution >= 4 is 28.7 Å². The molecule has 0 unspecified atom stereocenters. The average molecular weight is 350 g/mol. The lowest BCUT2D eigenvalue weighted by molar-refractivity contribution is -0.139. The molecule has 1 aromatic heterocycles. The summed E-state index contributed by atoms with van der Waals surface area (Å²) in [5, 5.41) is 17.9. The third-order valence-corrected chi connectivity index (χ3v) is 3.47. The van der Waals surface area contributed by atoms with Crippen LogP contribution in [0, 0.1) is 0 Å². The predicted molar refractivity (Wildman–Crippen MR) is 91.7 cm³/mol. The molecule has 9 nitrogen and oxygen atoms in total. The summed E-state index contributed by atoms with van der Waals surface area (Å²) in [6.07, 6.45) is 2.14. The molecule has 2 atom stereocenters. The van der Waals surface area contributed by atoms with E-state index < -0.39 is 29.9 Å². The van der Waals surface area contributed by atoms with E-state index in [1.54, 1.807) is 0 Å². The summed E-state index contributed by atoms with van der Waals surface area (Å²) >= 11 is 0. The molecule has 2 aromatic rings. The summed E-state index contributed by atoms with van der Waals surface area (Å²) < 4.78 is 0. The monoisotopic (exact) mass is 350 g/mol. The van der Waals surface area contributed by atoms with Crippen LogP contribution in [0.3, 0.4) is 0 Å². The Labute approximate surface area is 143 Å². The summed E-state index contributed by atoms with van der Waals surface area (Å²) in [6, 6.07) is 6.08. The van der Waals surface area contributed by atoms with Crippen LogP contribution in [-0.4, -0.2) is 45.1 Å². The van der Waals surface area contributed by atoms with Gasteiger partial charge in [-0.2, -0.15) is 0 Å². The standard InChI is InChI=1S/C11H12N2O2.C5H10N2O3/c12-9(11(14)15)5-7-6-13-10-4-2-1-3-8(7)10;6-3(5(7)10)1-2-4(8)9/h1-4,6,9,13H,5,12H2,(H,14,15);3H,1-2,6H2,(H2,7,10)(H,8,9)/t9-;3-/m11/s1. The van der Waals surface area contributed by atoms with Crippen LogP contribution >= 0.6 is 0 Å². The first-order chi connectivity index (χ1) is 11.7. The number of primary amides is 1. The van der Waals surface area contributed by atoms with E-state index in [9.17, 15) is 14.4 Å². The van der Waals surface area contributed by atoms with Crippen molar-refractivity contribution in [1.82, 2.24) is 4.98 Å². The average Bonchev–Trinajstić information content (AvgIpc) is 2.96. The number of hydrogen-bond acceptors (Lipinski definition) is 5. The number of aromatic amines is 1. The largest absolute Gasteiger partial charge is 0.481 e. The quantitative estimate of drug-likeness (QED) is 0.398. The van der Waals surface area contributed by atoms with E-state index in [0.717, 1.165) is 16.5 Å². The number of aliphatic carboxylic acids is 2. The molecule has 0 aliphatic rings. The first kappa shape index (κ1) is 20.1. The van der Waals surface area contributed by atoms with Crippen LogP contribution < -0.4 is 17.2 Å². The lowest BCUT2D eigenvalue weighted by Gasteiger charge is -2.04. The molecule has 1 amide bonds. The minimum atomic E-state index is -0.975. The molecule has 0 saturated heterocycles. The number of carbonyl (C=O) groups is 3. The number of para-hydroxylation sites is 1. The van der Waals surface area contributed by atoms with Crippen LogP contribution in [-0.2, 0) is 20.8 Å². The molecule has 0 fully saturated rings. The number of rotatable bonds is 7. The van der Waals surface area contributed by atoms with Gasteiger partial charge < -0.3 is 32.4 Å². The fraction of sp³-hybridized carbons (Fsp3) is 0.312. The zero-order valence-corrected chi connectivity index (χ0v) is 13.5. The SMILES string of the molecule is NC(=O)[C@H](N)CCC(=O)O.N[C@H](Cc1c[nH]c2ccccc12)C(=O)O. The Kier molecular flexibility index (Phi) is 7.57. The Morgan fingerprint density at radius 2 is 1.72 bits per heavy atom. The highest BCUT2D eigenvalue weighted by molar-refractivity contribution is 5.84. The van der Waals surface area contributed by atoms with Crippen molar-refractivity contribution in [2.24, 2.45) is 17.2 Å². The van der Waals surface area contributed by atoms with Crippen molar-refractivity contribution in [3.05, 3.63) is 36.0 Å². The number of carbonyl (C=O) groups excluding carboxylic acids is 1. The topological polar surface area (TPSA) is 186 Å². The number of H-pyrrole nitrogens is 1. The highest BCUT2D eigenvalue weighted by atomic mass is 16.4. The zero-order valence-electron chi connectivity index (χ0n) is 13.5. The van der Waals surface area contributed by atoms with Gasteiger partial charge in [-0.3, -0.25) is 14.4 Å². The van der Waals surface area contributed by atoms with Gasteiger partial charge in [-0.05, 0) is 18.1 Å². The lowest BCUT2D eigenvalue weighted by Crippen LogP contribution is -2.36. The fourth-order valence-corrected chi connectivity index (χ4v) is 2.05. The maximum absolute atomic E-state index is 10.6. The second kappa shape index (κ2) is 9.40. The minimum absolute atomic E-state index is 0.102. The first-order valence-electron chi connectivity index (χ1n) is 7.52. The van der Waals surface area contributed by atoms with E-state index in [0.29, 0.717) is 6.42 Å². The van der Waals surface area contributed by atoms with E-state index in [2.05, 4.69) is 4.98 Å². The fourth-order valence-electron chi connectivity index (χ4n) is 2.05. The number of amides is 1. The molecule has 1 aromatic carbocycles. The zero-order chi connectivity index (χ0) is 19.0. The summed E-state index contributed by atoms with van der Waals surface area (Å²) in [4.78, 5) is 33.8. The smallest absolute Gasteiger partial charge is 0.320 e. The summed E-state index contributed by atoms with van der Waals surface area (Å²) in [5.74, 6) is -2.61. The van der Waals surface area contributed by atoms with Gasteiger partial charge in [0.1, 0.15) is 6.04 Å². The number of carboxylic acids is 2. The molecule has 2 rings (SSSR count). The van der Waals surface area contributed by atoms with Crippen LogP contribution in [0.25, 0.3) is 10.9 Å². The lowest BCUT2D eigenvalue weighted by atomic mass is 10.1. The Morgan fingerprint density at radius 1 is 1.08 bits per heavy atom. The molecular weight excluding hydrogens is 328 g/mol. The molecule has 1 heterocycles. The van der Waals surface area contributed by atoms with Crippen molar-refractivity contribution < 1.29 is 24.6 Å². The van der Waals surface area contributed by atoms with Gasteiger partial charge in [0, 0.05) is 29.9 Å². The van der Waals surface area contributed by atoms with E-state index in [4.69, 9.17) is 27.4 Å². The highest BCUT2D eigenvalue weighted by Gasteiger charge is 2.14. The molecule has 0 bridgehead atoms. The number of fused-ring (bicyclic) bond motifs is 1. The second-order valence-electron chi connectivity index (χ2n) is 5.45. The van der Waals surface area contributed by atoms with Gasteiger partial charge in [0.2, 0.25) is 5.91 Å². The molecular formula is C16H22N4O5. The molecule has 25 heavy (non-hydrogen) atoms. The van der Waals surface area contributed by atoms with Crippen molar-refractivity contribution in [1.29, 1.82) is 0 Å². The third kappa shape index (κ3) is 6.61. The normalized spacial score (nSPS) is 12.7. The maximum Gasteiger partial charge on any atom is 0.320 e. The van der Waals surface area contributed by atoms with E-state index in [1.165, 1.54) is 0 Å². The molecule has 0 radical (unpaired) electrons. The van der Waals surface area contributed by atoms with Crippen molar-refractivity contribution in [3.63, 3.8) is 0 Å². The Balaban J connectivity index is 0.000000275. The van der Waals surface area contributed by atoms with E-state index in [1.807, 2.05) is 30.5 Å². The number of aromatic nitrogens is 1. The van der Waals surface area contributed by atoms with Gasteiger partial charge in [-0.25, -0.2) is 0 Å². The summed E-state index contributed by atoms with van der Waals surface area (Å²) in [6.45, 7) is 0. The summed E-state index contributed by atoms with van der Waals surface area (Å²) in [5.41, 5.74) is 17.3. The van der Waals surface area contributed by atoms with Crippen LogP contribution in [0.4, 0.5) is 0 Å². The number of hydrogen-bond donors (Lipinski definition) is 6. The van der Waals surface area contributed by atoms with Gasteiger partial charge in [0.15, 0.2) is 0 Å². The molecule has 0 aliphatic heterocycles. The second-order valence-corrected chi connectivity index (χ2v) is 5.45. The van der Waals surface area contributed by atoms with Crippen molar-refractivity contribution in [2.75, 3.05) is 0 Å². The Morgan fingerprint density at radius 3 is 2.28 bits per heavy atom. The number of carboxylic acid groups (broad SMARTS) is 2. The Bertz CT molecular complexity index is 743. The third-order valence-electron chi connectivity index (χ3n) is 3.47. The maximum atomic E-state index is 10.6. The van der Waals surface area contributed by atoms with Crippen LogP contribution in [0.15, 0.2) is 30.5 Å². The molecule has 0 aliphatic carbocycles. The molecule has 9 heteroatoms. The van der Waals surface area contributed by atoms with Gasteiger partial charge in [0.25, 0.3) is 0 Å². The predicted octanol–water partition coefficient (Wildman–Crippen LogP) is -0.214. The number of benzene rings is 1. The molecule has 9 N–H and O–H groups in total. The summed E-state index contributed by atoms with van der Waals surface area (Å²) in [7, 11) is 0. The van der Waals surface area contributed by atoms with E-state index >= 15 is 0 Å². The van der Waals surface area contributed by atoms with E-state index in [-0.39, 0.29) is 12.8 Å².